The quantitative estimate of drug-likeness (QED) is 0.187. The predicted octanol–water partition coefficient (Wildman–Crippen LogP) is 8.29. The lowest BCUT2D eigenvalue weighted by molar-refractivity contribution is -0.397. The van der Waals surface area contributed by atoms with Crippen molar-refractivity contribution in [2.75, 3.05) is 6.61 Å². The topological polar surface area (TPSA) is 26.3 Å². The highest BCUT2D eigenvalue weighted by molar-refractivity contribution is 5.73. The molecule has 0 aliphatic carbocycles. The second kappa shape index (κ2) is 10.6. The van der Waals surface area contributed by atoms with Crippen LogP contribution < -0.4 is 0 Å². The van der Waals surface area contributed by atoms with Gasteiger partial charge in [-0.15, -0.1) is 0 Å². The summed E-state index contributed by atoms with van der Waals surface area (Å²) in [6.07, 6.45) is -7.87. The Morgan fingerprint density at radius 3 is 1.61 bits per heavy atom. The summed E-state index contributed by atoms with van der Waals surface area (Å²) >= 11 is 0. The zero-order valence-electron chi connectivity index (χ0n) is 20.1. The van der Waals surface area contributed by atoms with Gasteiger partial charge in [0.1, 0.15) is 0 Å². The highest BCUT2D eigenvalue weighted by Gasteiger charge is 2.81. The largest absolute Gasteiger partial charge is 0.465 e. The molecule has 0 radical (unpaired) electrons. The Kier molecular flexibility index (Phi) is 10.3. The second-order valence-electron chi connectivity index (χ2n) is 10.2. The minimum atomic E-state index is -6.91. The summed E-state index contributed by atoms with van der Waals surface area (Å²) in [5.74, 6) is -20.2. The number of rotatable bonds is 13. The first-order valence-electron chi connectivity index (χ1n) is 10.9. The van der Waals surface area contributed by atoms with E-state index in [0.29, 0.717) is 19.3 Å². The maximum atomic E-state index is 13.8. The van der Waals surface area contributed by atoms with Gasteiger partial charge in [-0.1, -0.05) is 48.5 Å². The molecule has 0 aliphatic rings. The van der Waals surface area contributed by atoms with Gasteiger partial charge in [0.2, 0.25) is 0 Å². The molecule has 2 nitrogen and oxygen atoms in total. The van der Waals surface area contributed by atoms with Gasteiger partial charge in [0.25, 0.3) is 0 Å². The standard InChI is InChI=1S/C22H35F9O2/c1-8-18(7,9-2)15(12-14(3)4)16(32)33-13-17(5,6)10-11-19(23,24)20(25,26)21(27,28)22(29,30)31/h14-15H,8-13H2,1-7H3. The highest BCUT2D eigenvalue weighted by Crippen LogP contribution is 2.54. The number of carbonyl (C=O) groups is 1. The van der Waals surface area contributed by atoms with E-state index in [2.05, 4.69) is 0 Å². The summed E-state index contributed by atoms with van der Waals surface area (Å²) < 4.78 is 123. The Bertz CT molecular complexity index is 636. The van der Waals surface area contributed by atoms with Crippen molar-refractivity contribution in [2.24, 2.45) is 22.7 Å². The van der Waals surface area contributed by atoms with Crippen LogP contribution in [0, 0.1) is 22.7 Å². The first-order valence-corrected chi connectivity index (χ1v) is 10.9. The van der Waals surface area contributed by atoms with E-state index >= 15 is 0 Å². The van der Waals surface area contributed by atoms with E-state index in [1.165, 1.54) is 13.8 Å². The van der Waals surface area contributed by atoms with Crippen LogP contribution in [0.15, 0.2) is 0 Å². The third kappa shape index (κ3) is 7.41. The third-order valence-corrected chi connectivity index (χ3v) is 6.38. The molecule has 33 heavy (non-hydrogen) atoms. The summed E-state index contributed by atoms with van der Waals surface area (Å²) in [7, 11) is 0. The van der Waals surface area contributed by atoms with Crippen molar-refractivity contribution in [1.82, 2.24) is 0 Å². The van der Waals surface area contributed by atoms with Crippen LogP contribution in [0.1, 0.15) is 80.6 Å². The van der Waals surface area contributed by atoms with Crippen LogP contribution in [0.3, 0.4) is 0 Å². The average Bonchev–Trinajstić information content (AvgIpc) is 2.67. The van der Waals surface area contributed by atoms with Crippen molar-refractivity contribution < 1.29 is 49.0 Å². The van der Waals surface area contributed by atoms with Crippen molar-refractivity contribution in [3.63, 3.8) is 0 Å². The van der Waals surface area contributed by atoms with Gasteiger partial charge in [0.05, 0.1) is 12.5 Å². The van der Waals surface area contributed by atoms with Gasteiger partial charge in [0.15, 0.2) is 0 Å². The van der Waals surface area contributed by atoms with E-state index in [1.54, 1.807) is 0 Å². The van der Waals surface area contributed by atoms with Crippen molar-refractivity contribution in [3.05, 3.63) is 0 Å². The number of esters is 1. The summed E-state index contributed by atoms with van der Waals surface area (Å²) in [5, 5.41) is 0. The van der Waals surface area contributed by atoms with Gasteiger partial charge in [0, 0.05) is 6.42 Å². The molecular formula is C22H35F9O2. The lowest BCUT2D eigenvalue weighted by Crippen LogP contribution is -2.61. The van der Waals surface area contributed by atoms with Gasteiger partial charge in [-0.05, 0) is 42.4 Å². The average molecular weight is 503 g/mol. The van der Waals surface area contributed by atoms with Crippen molar-refractivity contribution in [3.8, 4) is 0 Å². The fourth-order valence-electron chi connectivity index (χ4n) is 3.38. The van der Waals surface area contributed by atoms with Gasteiger partial charge in [-0.2, -0.15) is 39.5 Å². The van der Waals surface area contributed by atoms with E-state index in [9.17, 15) is 44.3 Å². The van der Waals surface area contributed by atoms with Gasteiger partial charge in [-0.3, -0.25) is 4.79 Å². The van der Waals surface area contributed by atoms with Crippen LogP contribution >= 0.6 is 0 Å². The van der Waals surface area contributed by atoms with E-state index in [0.717, 1.165) is 0 Å². The lowest BCUT2D eigenvalue weighted by Gasteiger charge is -2.37. The molecule has 0 aromatic rings. The molecule has 0 saturated carbocycles. The van der Waals surface area contributed by atoms with Crippen molar-refractivity contribution in [1.29, 1.82) is 0 Å². The molecule has 0 fully saturated rings. The zero-order chi connectivity index (χ0) is 26.7. The normalized spacial score (nSPS) is 15.7. The Morgan fingerprint density at radius 1 is 0.788 bits per heavy atom. The fourth-order valence-corrected chi connectivity index (χ4v) is 3.38. The second-order valence-corrected chi connectivity index (χ2v) is 10.2. The summed E-state index contributed by atoms with van der Waals surface area (Å²) in [6, 6.07) is 0. The zero-order valence-corrected chi connectivity index (χ0v) is 20.1. The van der Waals surface area contributed by atoms with Gasteiger partial charge >= 0.3 is 29.9 Å². The molecule has 198 valence electrons. The first-order chi connectivity index (χ1) is 14.5. The molecule has 0 aromatic heterocycles. The van der Waals surface area contributed by atoms with Crippen LogP contribution in [-0.2, 0) is 9.53 Å². The Labute approximate surface area is 189 Å². The smallest absolute Gasteiger partial charge is 0.460 e. The summed E-state index contributed by atoms with van der Waals surface area (Å²) in [5.41, 5.74) is -1.77. The van der Waals surface area contributed by atoms with Crippen molar-refractivity contribution in [2.45, 2.75) is 105 Å². The molecule has 0 bridgehead atoms. The van der Waals surface area contributed by atoms with E-state index in [4.69, 9.17) is 4.74 Å². The number of alkyl halides is 9. The summed E-state index contributed by atoms with van der Waals surface area (Å²) in [6.45, 7) is 11.6. The molecule has 0 heterocycles. The van der Waals surface area contributed by atoms with E-state index in [1.807, 2.05) is 34.6 Å². The first kappa shape index (κ1) is 31.8. The maximum Gasteiger partial charge on any atom is 0.460 e. The molecule has 0 spiro atoms. The van der Waals surface area contributed by atoms with Crippen LogP contribution in [0.2, 0.25) is 0 Å². The van der Waals surface area contributed by atoms with E-state index < -0.39 is 66.1 Å². The Balaban J connectivity index is 5.39. The SMILES string of the molecule is CCC(C)(CC)C(CC(C)C)C(=O)OCC(C)(C)CCC(F)(F)C(F)(F)C(F)(F)C(F)(F)F. The number of halogens is 9. The molecule has 1 atom stereocenters. The Morgan fingerprint density at radius 2 is 1.24 bits per heavy atom. The van der Waals surface area contributed by atoms with E-state index in [-0.39, 0.29) is 5.92 Å². The molecule has 0 saturated heterocycles. The predicted molar refractivity (Wildman–Crippen MR) is 107 cm³/mol. The van der Waals surface area contributed by atoms with Crippen LogP contribution in [-0.4, -0.2) is 36.5 Å². The molecule has 0 aromatic carbocycles. The lowest BCUT2D eigenvalue weighted by atomic mass is 9.70. The highest BCUT2D eigenvalue weighted by atomic mass is 19.4. The Hall–Kier alpha value is -1.16. The molecular weight excluding hydrogens is 467 g/mol. The summed E-state index contributed by atoms with van der Waals surface area (Å²) in [4.78, 5) is 12.8. The number of hydrogen-bond donors (Lipinski definition) is 0. The third-order valence-electron chi connectivity index (χ3n) is 6.38. The minimum Gasteiger partial charge on any atom is -0.465 e. The number of carbonyl (C=O) groups excluding carboxylic acids is 1. The number of ether oxygens (including phenoxy) is 1. The maximum absolute atomic E-state index is 13.8. The van der Waals surface area contributed by atoms with Crippen LogP contribution in [0.25, 0.3) is 0 Å². The fraction of sp³-hybridized carbons (Fsp3) is 0.955. The van der Waals surface area contributed by atoms with Crippen LogP contribution in [0.4, 0.5) is 39.5 Å². The molecule has 11 heteroatoms. The molecule has 0 N–H and O–H groups in total. The molecule has 0 amide bonds. The van der Waals surface area contributed by atoms with Crippen LogP contribution in [0.5, 0.6) is 0 Å². The molecule has 0 aliphatic heterocycles. The molecule has 0 rings (SSSR count). The van der Waals surface area contributed by atoms with Gasteiger partial charge < -0.3 is 4.74 Å². The monoisotopic (exact) mass is 502 g/mol. The number of hydrogen-bond acceptors (Lipinski definition) is 2. The van der Waals surface area contributed by atoms with Gasteiger partial charge in [-0.25, -0.2) is 0 Å². The van der Waals surface area contributed by atoms with Crippen molar-refractivity contribution >= 4 is 5.97 Å². The molecule has 1 unspecified atom stereocenters. The minimum absolute atomic E-state index is 0.143.